The first kappa shape index (κ1) is 25.2. The van der Waals surface area contributed by atoms with Gasteiger partial charge < -0.3 is 16.4 Å². The van der Waals surface area contributed by atoms with Gasteiger partial charge in [-0.25, -0.2) is 14.4 Å². The van der Waals surface area contributed by atoms with Crippen LogP contribution in [0.1, 0.15) is 44.8 Å². The number of piperidine rings is 1. The molecule has 5 rings (SSSR count). The SMILES string of the molecule is Nc1ncc(-c2ccccc2F)nc1C(=O)Cc1cc(C(=O)c2ccccc2)ccc1N1CCC(N)CC1. The zero-order chi connectivity index (χ0) is 26.6. The quantitative estimate of drug-likeness (QED) is 0.354. The molecule has 0 bridgehead atoms. The molecule has 192 valence electrons. The van der Waals surface area contributed by atoms with Gasteiger partial charge in [-0.1, -0.05) is 42.5 Å². The van der Waals surface area contributed by atoms with Crippen molar-refractivity contribution in [2.24, 2.45) is 5.73 Å². The summed E-state index contributed by atoms with van der Waals surface area (Å²) in [6.45, 7) is 1.50. The fourth-order valence-electron chi connectivity index (χ4n) is 4.73. The summed E-state index contributed by atoms with van der Waals surface area (Å²) in [4.78, 5) is 37.4. The summed E-state index contributed by atoms with van der Waals surface area (Å²) >= 11 is 0. The van der Waals surface area contributed by atoms with Crippen LogP contribution in [0, 0.1) is 5.82 Å². The highest BCUT2D eigenvalue weighted by Gasteiger charge is 2.23. The van der Waals surface area contributed by atoms with Crippen molar-refractivity contribution in [3.63, 3.8) is 0 Å². The molecule has 0 saturated carbocycles. The molecular weight excluding hydrogens is 481 g/mol. The van der Waals surface area contributed by atoms with Crippen molar-refractivity contribution in [1.29, 1.82) is 0 Å². The predicted octanol–water partition coefficient (Wildman–Crippen LogP) is 4.45. The Morgan fingerprint density at radius 2 is 1.66 bits per heavy atom. The highest BCUT2D eigenvalue weighted by molar-refractivity contribution is 6.09. The Balaban J connectivity index is 1.50. The number of nitrogen functional groups attached to an aromatic ring is 1. The minimum absolute atomic E-state index is 0.0304. The predicted molar refractivity (Wildman–Crippen MR) is 146 cm³/mol. The Morgan fingerprint density at radius 1 is 0.947 bits per heavy atom. The Labute approximate surface area is 220 Å². The van der Waals surface area contributed by atoms with Gasteiger partial charge in [-0.3, -0.25) is 9.59 Å². The Bertz CT molecular complexity index is 1480. The molecule has 0 amide bonds. The number of hydrogen-bond acceptors (Lipinski definition) is 7. The van der Waals surface area contributed by atoms with E-state index in [0.717, 1.165) is 31.6 Å². The molecule has 38 heavy (non-hydrogen) atoms. The monoisotopic (exact) mass is 509 g/mol. The van der Waals surface area contributed by atoms with Crippen LogP contribution in [0.15, 0.2) is 79.0 Å². The van der Waals surface area contributed by atoms with Crippen molar-refractivity contribution in [2.45, 2.75) is 25.3 Å². The van der Waals surface area contributed by atoms with Crippen LogP contribution in [-0.2, 0) is 6.42 Å². The molecule has 7 nitrogen and oxygen atoms in total. The van der Waals surface area contributed by atoms with Crippen LogP contribution >= 0.6 is 0 Å². The van der Waals surface area contributed by atoms with Crippen LogP contribution in [0.2, 0.25) is 0 Å². The standard InChI is InChI=1S/C30H28FN5O2/c31-24-9-5-4-8-23(24)25-18-34-30(33)28(35-25)27(37)17-21-16-20(29(38)19-6-2-1-3-7-19)10-11-26(21)36-14-12-22(32)13-15-36/h1-11,16,18,22H,12-15,17,32H2,(H2,33,34). The van der Waals surface area contributed by atoms with E-state index in [1.807, 2.05) is 24.3 Å². The van der Waals surface area contributed by atoms with E-state index in [0.29, 0.717) is 16.7 Å². The van der Waals surface area contributed by atoms with Crippen molar-refractivity contribution < 1.29 is 14.0 Å². The lowest BCUT2D eigenvalue weighted by atomic mass is 9.95. The molecule has 0 radical (unpaired) electrons. The highest BCUT2D eigenvalue weighted by atomic mass is 19.1. The second-order valence-corrected chi connectivity index (χ2v) is 9.43. The number of benzene rings is 3. The number of Topliss-reactive ketones (excluding diaryl/α,β-unsaturated/α-hetero) is 1. The summed E-state index contributed by atoms with van der Waals surface area (Å²) in [6.07, 6.45) is 2.97. The third kappa shape index (κ3) is 5.31. The maximum absolute atomic E-state index is 14.4. The van der Waals surface area contributed by atoms with Gasteiger partial charge in [0.15, 0.2) is 17.4 Å². The van der Waals surface area contributed by atoms with Gasteiger partial charge in [-0.15, -0.1) is 0 Å². The number of ketones is 2. The Hall–Kier alpha value is -4.43. The van der Waals surface area contributed by atoms with Crippen LogP contribution in [0.5, 0.6) is 0 Å². The normalized spacial score (nSPS) is 13.9. The number of nitrogens with two attached hydrogens (primary N) is 2. The van der Waals surface area contributed by atoms with Gasteiger partial charge in [0, 0.05) is 47.9 Å². The molecule has 8 heteroatoms. The molecule has 1 saturated heterocycles. The number of aromatic nitrogens is 2. The highest BCUT2D eigenvalue weighted by Crippen LogP contribution is 2.29. The molecule has 0 aliphatic carbocycles. The van der Waals surface area contributed by atoms with Crippen LogP contribution < -0.4 is 16.4 Å². The molecule has 1 aromatic heterocycles. The summed E-state index contributed by atoms with van der Waals surface area (Å²) in [7, 11) is 0. The fraction of sp³-hybridized carbons (Fsp3) is 0.200. The number of carbonyl (C=O) groups excluding carboxylic acids is 2. The van der Waals surface area contributed by atoms with Crippen LogP contribution in [-0.4, -0.2) is 40.7 Å². The summed E-state index contributed by atoms with van der Waals surface area (Å²) in [5.74, 6) is -1.00. The lowest BCUT2D eigenvalue weighted by Crippen LogP contribution is -2.40. The number of hydrogen-bond donors (Lipinski definition) is 2. The molecule has 3 aromatic carbocycles. The Kier molecular flexibility index (Phi) is 7.24. The first-order chi connectivity index (χ1) is 18.4. The number of anilines is 2. The summed E-state index contributed by atoms with van der Waals surface area (Å²) in [5, 5.41) is 0. The van der Waals surface area contributed by atoms with Crippen molar-refractivity contribution in [3.05, 3.63) is 107 Å². The first-order valence-corrected chi connectivity index (χ1v) is 12.5. The largest absolute Gasteiger partial charge is 0.382 e. The second-order valence-electron chi connectivity index (χ2n) is 9.43. The van der Waals surface area contributed by atoms with Crippen molar-refractivity contribution in [2.75, 3.05) is 23.7 Å². The summed E-state index contributed by atoms with van der Waals surface area (Å²) < 4.78 is 14.4. The van der Waals surface area contributed by atoms with E-state index in [-0.39, 0.29) is 46.8 Å². The average molecular weight is 510 g/mol. The molecule has 1 aliphatic heterocycles. The topological polar surface area (TPSA) is 115 Å². The van der Waals surface area contributed by atoms with Gasteiger partial charge in [0.2, 0.25) is 0 Å². The lowest BCUT2D eigenvalue weighted by molar-refractivity contribution is 0.0986. The minimum Gasteiger partial charge on any atom is -0.382 e. The van der Waals surface area contributed by atoms with Crippen LogP contribution in [0.4, 0.5) is 15.9 Å². The average Bonchev–Trinajstić information content (AvgIpc) is 2.94. The summed E-state index contributed by atoms with van der Waals surface area (Å²) in [5.41, 5.74) is 15.2. The molecule has 1 fully saturated rings. The maximum atomic E-state index is 14.4. The second kappa shape index (κ2) is 10.9. The number of rotatable bonds is 7. The number of carbonyl (C=O) groups is 2. The minimum atomic E-state index is -0.470. The van der Waals surface area contributed by atoms with Gasteiger partial charge >= 0.3 is 0 Å². The van der Waals surface area contributed by atoms with E-state index >= 15 is 0 Å². The third-order valence-electron chi connectivity index (χ3n) is 6.82. The molecule has 4 N–H and O–H groups in total. The molecule has 1 aliphatic rings. The van der Waals surface area contributed by atoms with E-state index < -0.39 is 5.82 Å². The van der Waals surface area contributed by atoms with Crippen molar-refractivity contribution >= 4 is 23.1 Å². The van der Waals surface area contributed by atoms with Crippen molar-refractivity contribution in [3.8, 4) is 11.3 Å². The van der Waals surface area contributed by atoms with Crippen LogP contribution in [0.3, 0.4) is 0 Å². The van der Waals surface area contributed by atoms with E-state index in [4.69, 9.17) is 11.5 Å². The molecule has 0 atom stereocenters. The van der Waals surface area contributed by atoms with E-state index in [1.54, 1.807) is 42.5 Å². The number of nitrogens with zero attached hydrogens (tertiary/aromatic N) is 3. The zero-order valence-corrected chi connectivity index (χ0v) is 20.8. The number of halogens is 1. The van der Waals surface area contributed by atoms with Gasteiger partial charge in [0.1, 0.15) is 11.5 Å². The van der Waals surface area contributed by atoms with E-state index in [1.165, 1.54) is 12.3 Å². The fourth-order valence-corrected chi connectivity index (χ4v) is 4.73. The third-order valence-corrected chi connectivity index (χ3v) is 6.82. The van der Waals surface area contributed by atoms with Crippen LogP contribution in [0.25, 0.3) is 11.3 Å². The van der Waals surface area contributed by atoms with Crippen molar-refractivity contribution in [1.82, 2.24) is 9.97 Å². The molecular formula is C30H28FN5O2. The first-order valence-electron chi connectivity index (χ1n) is 12.5. The molecule has 4 aromatic rings. The maximum Gasteiger partial charge on any atom is 0.193 e. The smallest absolute Gasteiger partial charge is 0.193 e. The van der Waals surface area contributed by atoms with Gasteiger partial charge in [0.05, 0.1) is 11.9 Å². The van der Waals surface area contributed by atoms with E-state index in [2.05, 4.69) is 14.9 Å². The van der Waals surface area contributed by atoms with Gasteiger partial charge in [0.25, 0.3) is 0 Å². The molecule has 2 heterocycles. The molecule has 0 unspecified atom stereocenters. The zero-order valence-electron chi connectivity index (χ0n) is 20.8. The summed E-state index contributed by atoms with van der Waals surface area (Å²) in [6, 6.07) is 20.7. The van der Waals surface area contributed by atoms with Gasteiger partial charge in [-0.2, -0.15) is 0 Å². The Morgan fingerprint density at radius 3 is 2.39 bits per heavy atom. The van der Waals surface area contributed by atoms with E-state index in [9.17, 15) is 14.0 Å². The molecule has 0 spiro atoms. The van der Waals surface area contributed by atoms with Gasteiger partial charge in [-0.05, 0) is 48.7 Å². The lowest BCUT2D eigenvalue weighted by Gasteiger charge is -2.33.